The Morgan fingerprint density at radius 3 is 2.44 bits per heavy atom. The van der Waals surface area contributed by atoms with Gasteiger partial charge in [0.1, 0.15) is 0 Å². The van der Waals surface area contributed by atoms with E-state index in [-0.39, 0.29) is 13.0 Å². The van der Waals surface area contributed by atoms with Crippen molar-refractivity contribution in [3.8, 4) is 0 Å². The normalized spacial score (nSPS) is 27.0. The van der Waals surface area contributed by atoms with E-state index in [2.05, 4.69) is 22.6 Å². The molecule has 4 heteroatoms. The quantitative estimate of drug-likeness (QED) is 0.387. The summed E-state index contributed by atoms with van der Waals surface area (Å²) in [4.78, 5) is 1.75. The smallest absolute Gasteiger partial charge is 0.261 e. The molecule has 0 spiro atoms. The van der Waals surface area contributed by atoms with Crippen LogP contribution in [-0.4, -0.2) is 28.5 Å². The summed E-state index contributed by atoms with van der Waals surface area (Å²) < 4.78 is 25.4. The zero-order valence-electron chi connectivity index (χ0n) is 4.91. The zero-order valence-corrected chi connectivity index (χ0v) is 7.07. The topological polar surface area (TPSA) is 3.24 Å². The molecule has 0 amide bonds. The Bertz CT molecular complexity index is 107. The highest BCUT2D eigenvalue weighted by Crippen LogP contribution is 2.26. The van der Waals surface area contributed by atoms with Gasteiger partial charge >= 0.3 is 0 Å². The maximum Gasteiger partial charge on any atom is 0.261 e. The van der Waals surface area contributed by atoms with Gasteiger partial charge in [-0.3, -0.25) is 4.90 Å². The second-order valence-corrected chi connectivity index (χ2v) is 2.96. The van der Waals surface area contributed by atoms with Gasteiger partial charge in [0.2, 0.25) is 0 Å². The first-order chi connectivity index (χ1) is 4.14. The Kier molecular flexibility index (Phi) is 2.26. The molecule has 0 aliphatic carbocycles. The number of hydrogen-bond donors (Lipinski definition) is 0. The standard InChI is InChI=1S/C5H8F2IN/c6-5(7)1-2-9(3-5)4-8/h1-4H2. The maximum atomic E-state index is 12.3. The van der Waals surface area contributed by atoms with Gasteiger partial charge in [-0.25, -0.2) is 8.78 Å². The van der Waals surface area contributed by atoms with E-state index in [4.69, 9.17) is 0 Å². The highest BCUT2D eigenvalue weighted by Gasteiger charge is 2.37. The minimum absolute atomic E-state index is 0.0377. The van der Waals surface area contributed by atoms with Crippen LogP contribution in [0, 0.1) is 0 Å². The maximum absolute atomic E-state index is 12.3. The van der Waals surface area contributed by atoms with Gasteiger partial charge in [-0.05, 0) is 0 Å². The average Bonchev–Trinajstić information content (AvgIpc) is 2.10. The Labute approximate surface area is 66.5 Å². The molecule has 0 saturated carbocycles. The van der Waals surface area contributed by atoms with E-state index >= 15 is 0 Å². The van der Waals surface area contributed by atoms with Crippen molar-refractivity contribution in [2.45, 2.75) is 12.3 Å². The van der Waals surface area contributed by atoms with Gasteiger partial charge in [0.05, 0.1) is 11.1 Å². The summed E-state index contributed by atoms with van der Waals surface area (Å²) in [5, 5.41) is 0. The predicted molar refractivity (Wildman–Crippen MR) is 40.0 cm³/mol. The fraction of sp³-hybridized carbons (Fsp3) is 1.00. The van der Waals surface area contributed by atoms with Crippen molar-refractivity contribution in [3.63, 3.8) is 0 Å². The lowest BCUT2D eigenvalue weighted by molar-refractivity contribution is 0.0143. The van der Waals surface area contributed by atoms with Gasteiger partial charge in [-0.15, -0.1) is 0 Å². The summed E-state index contributed by atoms with van der Waals surface area (Å²) in [6.45, 7) is 0.506. The molecule has 0 N–H and O–H groups in total. The van der Waals surface area contributed by atoms with E-state index in [1.165, 1.54) is 0 Å². The molecule has 0 bridgehead atoms. The van der Waals surface area contributed by atoms with Gasteiger partial charge in [-0.1, -0.05) is 22.6 Å². The van der Waals surface area contributed by atoms with Crippen LogP contribution in [0.25, 0.3) is 0 Å². The molecule has 1 nitrogen and oxygen atoms in total. The Morgan fingerprint density at radius 2 is 2.22 bits per heavy atom. The lowest BCUT2D eigenvalue weighted by Crippen LogP contribution is -2.23. The molecule has 1 saturated heterocycles. The number of hydrogen-bond acceptors (Lipinski definition) is 1. The molecule has 1 rings (SSSR count). The first-order valence-corrected chi connectivity index (χ1v) is 4.33. The van der Waals surface area contributed by atoms with E-state index < -0.39 is 5.92 Å². The van der Waals surface area contributed by atoms with Gasteiger partial charge < -0.3 is 0 Å². The average molecular weight is 247 g/mol. The van der Waals surface area contributed by atoms with Crippen LogP contribution >= 0.6 is 22.6 Å². The third kappa shape index (κ3) is 2.00. The lowest BCUT2D eigenvalue weighted by Gasteiger charge is -2.10. The summed E-state index contributed by atoms with van der Waals surface area (Å²) in [6.07, 6.45) is 0.0377. The number of nitrogens with zero attached hydrogens (tertiary/aromatic N) is 1. The largest absolute Gasteiger partial charge is 0.288 e. The first-order valence-electron chi connectivity index (χ1n) is 2.80. The molecule has 54 valence electrons. The second-order valence-electron chi connectivity index (χ2n) is 2.28. The summed E-state index contributed by atoms with van der Waals surface area (Å²) in [5.41, 5.74) is 0. The number of halogens is 3. The monoisotopic (exact) mass is 247 g/mol. The van der Waals surface area contributed by atoms with E-state index in [0.717, 1.165) is 0 Å². The molecule has 0 aromatic heterocycles. The third-order valence-electron chi connectivity index (χ3n) is 1.42. The highest BCUT2D eigenvalue weighted by molar-refractivity contribution is 14.1. The minimum Gasteiger partial charge on any atom is -0.288 e. The second kappa shape index (κ2) is 2.65. The summed E-state index contributed by atoms with van der Waals surface area (Å²) in [5.74, 6) is -2.41. The van der Waals surface area contributed by atoms with Crippen LogP contribution in [0.3, 0.4) is 0 Å². The molecule has 0 aromatic carbocycles. The molecule has 1 aliphatic rings. The molecule has 9 heavy (non-hydrogen) atoms. The van der Waals surface area contributed by atoms with Crippen LogP contribution in [0.5, 0.6) is 0 Å². The highest BCUT2D eigenvalue weighted by atomic mass is 127. The van der Waals surface area contributed by atoms with E-state index in [1.807, 2.05) is 0 Å². The predicted octanol–water partition coefficient (Wildman–Crippen LogP) is 1.72. The van der Waals surface area contributed by atoms with Crippen LogP contribution in [0.1, 0.15) is 6.42 Å². The molecule has 0 aromatic rings. The van der Waals surface area contributed by atoms with Crippen molar-refractivity contribution >= 4 is 22.6 Å². The molecule has 1 heterocycles. The summed E-state index contributed by atoms with van der Waals surface area (Å²) >= 11 is 2.10. The van der Waals surface area contributed by atoms with Crippen LogP contribution in [0.15, 0.2) is 0 Å². The molecular formula is C5H8F2IN. The number of alkyl halides is 3. The van der Waals surface area contributed by atoms with Crippen molar-refractivity contribution in [1.29, 1.82) is 0 Å². The van der Waals surface area contributed by atoms with Crippen molar-refractivity contribution in [1.82, 2.24) is 4.90 Å². The summed E-state index contributed by atoms with van der Waals surface area (Å²) in [6, 6.07) is 0. The molecular weight excluding hydrogens is 239 g/mol. The SMILES string of the molecule is FC1(F)CCN(CI)C1. The molecule has 1 fully saturated rings. The van der Waals surface area contributed by atoms with E-state index in [0.29, 0.717) is 11.1 Å². The third-order valence-corrected chi connectivity index (χ3v) is 2.38. The van der Waals surface area contributed by atoms with Crippen molar-refractivity contribution in [3.05, 3.63) is 0 Å². The zero-order chi connectivity index (χ0) is 6.91. The van der Waals surface area contributed by atoms with Crippen molar-refractivity contribution in [2.24, 2.45) is 0 Å². The van der Waals surface area contributed by atoms with Gasteiger partial charge in [0.25, 0.3) is 5.92 Å². The van der Waals surface area contributed by atoms with Crippen LogP contribution in [0.2, 0.25) is 0 Å². The molecule has 0 unspecified atom stereocenters. The van der Waals surface area contributed by atoms with Gasteiger partial charge in [0, 0.05) is 13.0 Å². The lowest BCUT2D eigenvalue weighted by atomic mass is 10.3. The number of rotatable bonds is 1. The van der Waals surface area contributed by atoms with E-state index in [1.54, 1.807) is 4.90 Å². The Balaban J connectivity index is 2.38. The van der Waals surface area contributed by atoms with Crippen molar-refractivity contribution < 1.29 is 8.78 Å². The van der Waals surface area contributed by atoms with Crippen LogP contribution in [-0.2, 0) is 0 Å². The molecule has 1 aliphatic heterocycles. The van der Waals surface area contributed by atoms with E-state index in [9.17, 15) is 8.78 Å². The van der Waals surface area contributed by atoms with Gasteiger partial charge in [-0.2, -0.15) is 0 Å². The molecule has 0 radical (unpaired) electrons. The fourth-order valence-electron chi connectivity index (χ4n) is 0.909. The summed E-state index contributed by atoms with van der Waals surface area (Å²) in [7, 11) is 0. The van der Waals surface area contributed by atoms with Crippen LogP contribution < -0.4 is 0 Å². The van der Waals surface area contributed by atoms with Gasteiger partial charge in [0.15, 0.2) is 0 Å². The molecule has 0 atom stereocenters. The Morgan fingerprint density at radius 1 is 1.56 bits per heavy atom. The van der Waals surface area contributed by atoms with Crippen LogP contribution in [0.4, 0.5) is 8.78 Å². The first kappa shape index (κ1) is 7.65. The van der Waals surface area contributed by atoms with Crippen molar-refractivity contribution in [2.75, 3.05) is 17.6 Å². The fourth-order valence-corrected chi connectivity index (χ4v) is 1.49. The Hall–Kier alpha value is 0.550. The number of likely N-dealkylation sites (tertiary alicyclic amines) is 1. The minimum atomic E-state index is -2.41.